The van der Waals surface area contributed by atoms with Crippen LogP contribution in [0.5, 0.6) is 0 Å². The second kappa shape index (κ2) is 64.3. The third kappa shape index (κ3) is 49.7. The molecule has 3 rings (SSSR count). The molecular weight excluding hydrogens is 1700 g/mol. The van der Waals surface area contributed by atoms with Gasteiger partial charge in [0.2, 0.25) is 41.4 Å². The summed E-state index contributed by atoms with van der Waals surface area (Å²) in [6, 6.07) is -5.64. The summed E-state index contributed by atoms with van der Waals surface area (Å²) in [7, 11) is 0. The molecule has 0 radical (unpaired) electrons. The number of nitrogens with one attached hydrogen (secondary N) is 7. The van der Waals surface area contributed by atoms with Gasteiger partial charge in [0, 0.05) is 96.2 Å². The van der Waals surface area contributed by atoms with Crippen molar-refractivity contribution >= 4 is 101 Å². The molecule has 7 N–H and O–H groups in total. The lowest BCUT2D eigenvalue weighted by Gasteiger charge is -2.44. The van der Waals surface area contributed by atoms with Crippen LogP contribution in [0.25, 0.3) is 0 Å². The van der Waals surface area contributed by atoms with Crippen LogP contribution in [0.3, 0.4) is 0 Å². The number of Topliss-reactive ketones (excluding diaryl/α,β-unsaturated/α-hetero) is 1. The lowest BCUT2D eigenvalue weighted by Crippen LogP contribution is -2.66. The molecule has 3 heterocycles. The molecule has 3 fully saturated rings. The van der Waals surface area contributed by atoms with Gasteiger partial charge < -0.3 is 151 Å². The molecule has 0 bridgehead atoms. The Balaban J connectivity index is 1.47. The van der Waals surface area contributed by atoms with Crippen LogP contribution in [0.1, 0.15) is 129 Å². The maximum absolute atomic E-state index is 13.9. The maximum atomic E-state index is 13.9. The first-order valence-electron chi connectivity index (χ1n) is 41.4. The molecule has 3 aliphatic heterocycles. The largest absolute Gasteiger partial charge is 0.463 e. The van der Waals surface area contributed by atoms with E-state index >= 15 is 0 Å². The van der Waals surface area contributed by atoms with E-state index in [1.165, 1.54) is 27.7 Å². The Hall–Kier alpha value is -9.41. The van der Waals surface area contributed by atoms with Crippen molar-refractivity contribution in [2.24, 2.45) is 0 Å². The molecule has 0 aromatic carbocycles. The third-order valence-corrected chi connectivity index (χ3v) is 17.6. The summed E-state index contributed by atoms with van der Waals surface area (Å²) in [5.41, 5.74) is 0. The second-order valence-electron chi connectivity index (χ2n) is 28.6. The summed E-state index contributed by atoms with van der Waals surface area (Å²) in [6.07, 6.45) is -13.5. The fourth-order valence-corrected chi connectivity index (χ4v) is 12.4. The average Bonchev–Trinajstić information content (AvgIpc) is 0.796. The highest BCUT2D eigenvalue weighted by Crippen LogP contribution is 2.32. The molecule has 3 aliphatic rings. The first kappa shape index (κ1) is 112. The molecular formula is C79H127N7O41. The van der Waals surface area contributed by atoms with Crippen molar-refractivity contribution in [2.45, 2.75) is 233 Å². The molecule has 0 aromatic heterocycles. The van der Waals surface area contributed by atoms with Gasteiger partial charge in [-0.3, -0.25) is 81.5 Å². The van der Waals surface area contributed by atoms with Crippen LogP contribution in [-0.2, 0) is 195 Å². The summed E-state index contributed by atoms with van der Waals surface area (Å²) in [4.78, 5) is 210. The summed E-state index contributed by atoms with van der Waals surface area (Å²) in [6.45, 7) is 13.5. The zero-order chi connectivity index (χ0) is 94.2. The van der Waals surface area contributed by atoms with Crippen LogP contribution in [0.15, 0.2) is 0 Å². The fraction of sp³-hybridized carbons (Fsp3) is 0.785. The highest BCUT2D eigenvalue weighted by molar-refractivity contribution is 5.92. The molecule has 0 unspecified atom stereocenters. The summed E-state index contributed by atoms with van der Waals surface area (Å²) < 4.78 is 133. The standard InChI is InChI=1S/C79H127N7O41/c1-46(87)59(18-14-16-20-80-64(100)43-110-31-28-104-22-25-107-34-37-113-77-67(82-47(2)88)73(122-56(11)97)70(119-53(8)94)61(125-77)40-116-50(5)91)86-76(103)60(85-66(102)45-112-33-30-106-24-27-109-36-39-115-79-69(84-49(4)90)75(124-58(13)99)72(121-55(10)96)63(127-79)42-118-52(7)93)19-15-17-21-81-65(101)44-111-32-29-105-23-26-108-35-38-114-78-68(83-48(3)89)74(123-57(12)98)71(120-54(9)95)62(126-78)41-117-51(6)92/h59-63,67-75,77-79H,14-45H2,1-13H3,(H,80,100)(H,81,101)(H,82,88)(H,83,89)(H,84,90)(H,85,102)(H,86,103)/t59-,60-,61+,62+,63+,67+,68+,69+,70-,71-,72-,73+,74+,75+,77+,78+,79+/m0/s1. The van der Waals surface area contributed by atoms with Gasteiger partial charge in [0.15, 0.2) is 61.3 Å². The molecule has 0 aliphatic carbocycles. The van der Waals surface area contributed by atoms with Gasteiger partial charge in [-0.25, -0.2) is 0 Å². The number of rotatable bonds is 65. The van der Waals surface area contributed by atoms with Gasteiger partial charge in [-0.1, -0.05) is 0 Å². The van der Waals surface area contributed by atoms with Gasteiger partial charge in [0.05, 0.1) is 125 Å². The highest BCUT2D eigenvalue weighted by atomic mass is 16.7. The minimum absolute atomic E-state index is 0.0000888. The Morgan fingerprint density at radius 2 is 0.528 bits per heavy atom. The van der Waals surface area contributed by atoms with Crippen molar-refractivity contribution in [3.8, 4) is 0 Å². The molecule has 0 aromatic rings. The summed E-state index contributed by atoms with van der Waals surface area (Å²) >= 11 is 0. The molecule has 48 nitrogen and oxygen atoms in total. The molecule has 0 saturated carbocycles. The smallest absolute Gasteiger partial charge is 0.303 e. The van der Waals surface area contributed by atoms with Gasteiger partial charge in [-0.15, -0.1) is 0 Å². The number of unbranched alkanes of at least 4 members (excludes halogenated alkanes) is 2. The average molecular weight is 1830 g/mol. The maximum Gasteiger partial charge on any atom is 0.303 e. The molecule has 0 spiro atoms. The molecule has 724 valence electrons. The van der Waals surface area contributed by atoms with Crippen LogP contribution in [0.4, 0.5) is 0 Å². The Kier molecular flexibility index (Phi) is 56.6. The van der Waals surface area contributed by atoms with Gasteiger partial charge in [0.1, 0.15) is 82.1 Å². The van der Waals surface area contributed by atoms with E-state index in [4.69, 9.17) is 114 Å². The number of hydrogen-bond donors (Lipinski definition) is 7. The molecule has 7 amide bonds. The SMILES string of the molecule is CC(=O)N[C@H]1[C@H](OCCOCCOCCOCC(=O)NCCCC[C@H](NC(=O)[C@H](CCCCNC(=O)COCCOCCOCCO[C@@H]2O[C@H](COC(C)=O)[C@H](OC(C)=O)[C@H](OC(C)=O)[C@H]2NC(C)=O)NC(=O)COCCOCCOCCO[C@@H]2O[C@H](COC(C)=O)[C@H](OC(C)=O)[C@H](OC(C)=O)[C@H]2NC(C)=O)C(C)=O)O[C@H](COC(C)=O)[C@H](OC(C)=O)[C@@H]1OC(C)=O. The fourth-order valence-electron chi connectivity index (χ4n) is 12.4. The Labute approximate surface area is 735 Å². The topological polar surface area (TPSA) is 596 Å². The van der Waals surface area contributed by atoms with E-state index in [9.17, 15) is 81.5 Å². The first-order valence-corrected chi connectivity index (χ1v) is 41.4. The number of carbonyl (C=O) groups excluding carboxylic acids is 17. The Morgan fingerprint density at radius 1 is 0.276 bits per heavy atom. The monoisotopic (exact) mass is 1830 g/mol. The van der Waals surface area contributed by atoms with Crippen LogP contribution < -0.4 is 37.2 Å². The first-order chi connectivity index (χ1) is 60.5. The summed E-state index contributed by atoms with van der Waals surface area (Å²) in [5, 5.41) is 18.7. The molecule has 17 atom stereocenters. The Bertz CT molecular complexity index is 3430. The molecule has 3 saturated heterocycles. The van der Waals surface area contributed by atoms with E-state index in [1.807, 2.05) is 0 Å². The van der Waals surface area contributed by atoms with E-state index in [0.717, 1.165) is 62.3 Å². The number of ketones is 1. The van der Waals surface area contributed by atoms with Crippen molar-refractivity contribution in [1.82, 2.24) is 37.2 Å². The van der Waals surface area contributed by atoms with Gasteiger partial charge in [-0.2, -0.15) is 0 Å². The van der Waals surface area contributed by atoms with Crippen LogP contribution in [0.2, 0.25) is 0 Å². The minimum Gasteiger partial charge on any atom is -0.463 e. The van der Waals surface area contributed by atoms with Gasteiger partial charge in [0.25, 0.3) is 0 Å². The third-order valence-electron chi connectivity index (χ3n) is 17.6. The van der Waals surface area contributed by atoms with Crippen molar-refractivity contribution < 1.29 is 195 Å². The minimum atomic E-state index is -1.32. The zero-order valence-electron chi connectivity index (χ0n) is 74.2. The second-order valence-corrected chi connectivity index (χ2v) is 28.6. The van der Waals surface area contributed by atoms with Crippen LogP contribution >= 0.6 is 0 Å². The summed E-state index contributed by atoms with van der Waals surface area (Å²) in [5.74, 6) is -10.8. The van der Waals surface area contributed by atoms with Crippen molar-refractivity contribution in [3.63, 3.8) is 0 Å². The van der Waals surface area contributed by atoms with E-state index in [0.29, 0.717) is 25.7 Å². The highest BCUT2D eigenvalue weighted by Gasteiger charge is 2.54. The van der Waals surface area contributed by atoms with Crippen LogP contribution in [0, 0.1) is 0 Å². The zero-order valence-corrected chi connectivity index (χ0v) is 74.2. The van der Waals surface area contributed by atoms with Gasteiger partial charge in [-0.05, 0) is 45.4 Å². The van der Waals surface area contributed by atoms with Crippen molar-refractivity contribution in [1.29, 1.82) is 0 Å². The van der Waals surface area contributed by atoms with Crippen LogP contribution in [-0.4, -0.2) is 377 Å². The van der Waals surface area contributed by atoms with Gasteiger partial charge >= 0.3 is 53.7 Å². The number of hydrogen-bond acceptors (Lipinski definition) is 41. The predicted octanol–water partition coefficient (Wildman–Crippen LogP) is -3.71. The van der Waals surface area contributed by atoms with Crippen molar-refractivity contribution in [2.75, 3.05) is 172 Å². The quantitative estimate of drug-likeness (QED) is 0.0175. The van der Waals surface area contributed by atoms with Crippen molar-refractivity contribution in [3.05, 3.63) is 0 Å². The molecule has 48 heteroatoms. The normalized spacial score (nSPS) is 22.3. The number of carbonyl (C=O) groups is 17. The van der Waals surface area contributed by atoms with E-state index in [1.54, 1.807) is 0 Å². The predicted molar refractivity (Wildman–Crippen MR) is 426 cm³/mol. The Morgan fingerprint density at radius 3 is 0.787 bits per heavy atom. The number of amides is 7. The van der Waals surface area contributed by atoms with E-state index < -0.39 is 226 Å². The van der Waals surface area contributed by atoms with E-state index in [-0.39, 0.29) is 164 Å². The molecule has 127 heavy (non-hydrogen) atoms. The lowest BCUT2D eigenvalue weighted by molar-refractivity contribution is -0.279. The number of ether oxygens (including phenoxy) is 24. The van der Waals surface area contributed by atoms with E-state index in [2.05, 4.69) is 37.2 Å². The number of esters is 9. The lowest BCUT2D eigenvalue weighted by atomic mass is 9.96.